The van der Waals surface area contributed by atoms with Crippen LogP contribution in [0.4, 0.5) is 5.69 Å². The summed E-state index contributed by atoms with van der Waals surface area (Å²) in [5.41, 5.74) is 4.33. The highest BCUT2D eigenvalue weighted by Crippen LogP contribution is 2.28. The van der Waals surface area contributed by atoms with Crippen molar-refractivity contribution in [2.75, 3.05) is 6.61 Å². The number of benzene rings is 3. The first-order valence-electron chi connectivity index (χ1n) is 10.0. The summed E-state index contributed by atoms with van der Waals surface area (Å²) in [6.07, 6.45) is 1.42. The minimum atomic E-state index is -0.572. The third-order valence-corrected chi connectivity index (χ3v) is 4.92. The fourth-order valence-corrected chi connectivity index (χ4v) is 3.23. The lowest BCUT2D eigenvalue weighted by Gasteiger charge is -2.11. The van der Waals surface area contributed by atoms with E-state index in [0.717, 1.165) is 0 Å². The maximum absolute atomic E-state index is 12.2. The van der Waals surface area contributed by atoms with E-state index in [0.29, 0.717) is 33.2 Å². The lowest BCUT2D eigenvalue weighted by molar-refractivity contribution is -0.385. The van der Waals surface area contributed by atoms with Gasteiger partial charge < -0.3 is 9.47 Å². The number of hydrazone groups is 1. The minimum Gasteiger partial charge on any atom is -0.483 e. The van der Waals surface area contributed by atoms with Crippen LogP contribution >= 0.6 is 11.6 Å². The number of nitro benzene ring substituents is 1. The summed E-state index contributed by atoms with van der Waals surface area (Å²) in [6.45, 7) is 3.02. The number of nitro groups is 1. The highest BCUT2D eigenvalue weighted by molar-refractivity contribution is 6.33. The van der Waals surface area contributed by atoms with Gasteiger partial charge in [-0.2, -0.15) is 5.10 Å². The minimum absolute atomic E-state index is 0.0407. The number of carbonyl (C=O) groups is 2. The number of nitrogens with one attached hydrogen (secondary N) is 1. The molecule has 0 spiro atoms. The first kappa shape index (κ1) is 24.4. The normalized spacial score (nSPS) is 10.7. The van der Waals surface area contributed by atoms with Gasteiger partial charge >= 0.3 is 5.97 Å². The summed E-state index contributed by atoms with van der Waals surface area (Å²) in [4.78, 5) is 34.6. The Morgan fingerprint density at radius 1 is 1.09 bits per heavy atom. The van der Waals surface area contributed by atoms with Crippen molar-refractivity contribution >= 4 is 35.4 Å². The van der Waals surface area contributed by atoms with Gasteiger partial charge in [0.1, 0.15) is 11.5 Å². The van der Waals surface area contributed by atoms with Gasteiger partial charge in [-0.25, -0.2) is 10.2 Å². The summed E-state index contributed by atoms with van der Waals surface area (Å²) < 4.78 is 10.8. The van der Waals surface area contributed by atoms with Crippen LogP contribution in [0.1, 0.15) is 27.0 Å². The van der Waals surface area contributed by atoms with Gasteiger partial charge in [-0.05, 0) is 66.9 Å². The molecule has 0 aliphatic carbocycles. The van der Waals surface area contributed by atoms with Crippen molar-refractivity contribution in [3.8, 4) is 11.5 Å². The molecule has 0 atom stereocenters. The Bertz CT molecular complexity index is 1230. The number of aryl methyl sites for hydroxylation is 2. The number of nitrogens with zero attached hydrogens (tertiary/aromatic N) is 2. The molecule has 3 aromatic rings. The second-order valence-electron chi connectivity index (χ2n) is 7.19. The van der Waals surface area contributed by atoms with E-state index in [1.54, 1.807) is 62.4 Å². The zero-order valence-corrected chi connectivity index (χ0v) is 19.0. The van der Waals surface area contributed by atoms with Gasteiger partial charge in [-0.1, -0.05) is 23.7 Å². The molecule has 3 rings (SSSR count). The molecule has 0 aromatic heterocycles. The van der Waals surface area contributed by atoms with Crippen LogP contribution in [0.15, 0.2) is 65.8 Å². The van der Waals surface area contributed by atoms with Crippen molar-refractivity contribution in [2.24, 2.45) is 5.10 Å². The second-order valence-corrected chi connectivity index (χ2v) is 7.59. The summed E-state index contributed by atoms with van der Waals surface area (Å²) in [7, 11) is 0. The maximum Gasteiger partial charge on any atom is 0.345 e. The van der Waals surface area contributed by atoms with Crippen LogP contribution in [-0.4, -0.2) is 29.6 Å². The number of rotatable bonds is 8. The average Bonchev–Trinajstić information content (AvgIpc) is 2.79. The van der Waals surface area contributed by atoms with Crippen molar-refractivity contribution in [2.45, 2.75) is 13.8 Å². The molecular formula is C24H20ClN3O6. The Hall–Kier alpha value is -4.24. The summed E-state index contributed by atoms with van der Waals surface area (Å²) in [5.74, 6) is -0.337. The fourth-order valence-electron chi connectivity index (χ4n) is 3.02. The van der Waals surface area contributed by atoms with Crippen LogP contribution < -0.4 is 14.9 Å². The molecule has 0 heterocycles. The SMILES string of the molecule is Cc1cc([N+](=O)[O-])cc(C)c1OCC(=O)N/N=C/c1ccc(OC(=O)c2ccccc2Cl)cc1. The quantitative estimate of drug-likeness (QED) is 0.165. The number of halogens is 1. The highest BCUT2D eigenvalue weighted by Gasteiger charge is 2.14. The number of hydrogen-bond donors (Lipinski definition) is 1. The molecule has 0 saturated heterocycles. The molecule has 1 N–H and O–H groups in total. The topological polar surface area (TPSA) is 120 Å². The average molecular weight is 482 g/mol. The van der Waals surface area contributed by atoms with Crippen molar-refractivity contribution in [3.05, 3.63) is 98.1 Å². The molecule has 1 amide bonds. The molecule has 174 valence electrons. The number of carbonyl (C=O) groups excluding carboxylic acids is 2. The summed E-state index contributed by atoms with van der Waals surface area (Å²) in [5, 5.41) is 15.1. The van der Waals surface area contributed by atoms with E-state index in [1.165, 1.54) is 18.3 Å². The van der Waals surface area contributed by atoms with Crippen LogP contribution in [0, 0.1) is 24.0 Å². The zero-order valence-electron chi connectivity index (χ0n) is 18.3. The fraction of sp³-hybridized carbons (Fsp3) is 0.125. The molecule has 0 fully saturated rings. The Morgan fingerprint density at radius 3 is 2.35 bits per heavy atom. The van der Waals surface area contributed by atoms with Gasteiger partial charge in [-0.15, -0.1) is 0 Å². The standard InChI is InChI=1S/C24H20ClN3O6/c1-15-11-18(28(31)32)12-16(2)23(15)33-14-22(29)27-26-13-17-7-9-19(10-8-17)34-24(30)20-5-3-4-6-21(20)25/h3-13H,14H2,1-2H3,(H,27,29)/b26-13+. The predicted octanol–water partition coefficient (Wildman–Crippen LogP) is 4.61. The summed E-state index contributed by atoms with van der Waals surface area (Å²) >= 11 is 6.00. The van der Waals surface area contributed by atoms with E-state index in [2.05, 4.69) is 10.5 Å². The Labute approximate surface area is 200 Å². The third-order valence-electron chi connectivity index (χ3n) is 4.59. The van der Waals surface area contributed by atoms with E-state index < -0.39 is 16.8 Å². The van der Waals surface area contributed by atoms with Crippen LogP contribution in [0.3, 0.4) is 0 Å². The van der Waals surface area contributed by atoms with Crippen LogP contribution in [0.5, 0.6) is 11.5 Å². The van der Waals surface area contributed by atoms with Gasteiger partial charge in [0.2, 0.25) is 0 Å². The van der Waals surface area contributed by atoms with E-state index in [1.807, 2.05) is 0 Å². The molecular weight excluding hydrogens is 462 g/mol. The Morgan fingerprint density at radius 2 is 1.74 bits per heavy atom. The zero-order chi connectivity index (χ0) is 24.7. The molecule has 9 nitrogen and oxygen atoms in total. The molecule has 0 aliphatic heterocycles. The van der Waals surface area contributed by atoms with Gasteiger partial charge in [-0.3, -0.25) is 14.9 Å². The van der Waals surface area contributed by atoms with Crippen molar-refractivity contribution in [1.29, 1.82) is 0 Å². The number of hydrogen-bond acceptors (Lipinski definition) is 7. The van der Waals surface area contributed by atoms with Gasteiger partial charge in [0.15, 0.2) is 6.61 Å². The largest absolute Gasteiger partial charge is 0.483 e. The van der Waals surface area contributed by atoms with Crippen LogP contribution in [0.25, 0.3) is 0 Å². The molecule has 0 saturated carbocycles. The van der Waals surface area contributed by atoms with Crippen molar-refractivity contribution in [3.63, 3.8) is 0 Å². The lowest BCUT2D eigenvalue weighted by atomic mass is 10.1. The van der Waals surface area contributed by atoms with Crippen LogP contribution in [-0.2, 0) is 4.79 Å². The van der Waals surface area contributed by atoms with Crippen molar-refractivity contribution in [1.82, 2.24) is 5.43 Å². The molecule has 0 unspecified atom stereocenters. The number of non-ortho nitro benzene ring substituents is 1. The van der Waals surface area contributed by atoms with Crippen LogP contribution in [0.2, 0.25) is 5.02 Å². The highest BCUT2D eigenvalue weighted by atomic mass is 35.5. The number of amides is 1. The molecule has 10 heteroatoms. The maximum atomic E-state index is 12.2. The number of ether oxygens (including phenoxy) is 2. The second kappa shape index (κ2) is 11.1. The first-order valence-corrected chi connectivity index (χ1v) is 10.4. The Balaban J connectivity index is 1.51. The molecule has 0 radical (unpaired) electrons. The van der Waals surface area contributed by atoms with E-state index in [9.17, 15) is 19.7 Å². The third kappa shape index (κ3) is 6.39. The van der Waals surface area contributed by atoms with E-state index in [4.69, 9.17) is 21.1 Å². The summed E-state index contributed by atoms with van der Waals surface area (Å²) in [6, 6.07) is 15.8. The van der Waals surface area contributed by atoms with Gasteiger partial charge in [0.05, 0.1) is 21.7 Å². The monoisotopic (exact) mass is 481 g/mol. The molecule has 3 aromatic carbocycles. The lowest BCUT2D eigenvalue weighted by Crippen LogP contribution is -2.25. The van der Waals surface area contributed by atoms with Gasteiger partial charge in [0, 0.05) is 12.1 Å². The smallest absolute Gasteiger partial charge is 0.345 e. The van der Waals surface area contributed by atoms with Crippen molar-refractivity contribution < 1.29 is 24.0 Å². The molecule has 0 aliphatic rings. The first-order chi connectivity index (χ1) is 16.2. The van der Waals surface area contributed by atoms with Gasteiger partial charge in [0.25, 0.3) is 11.6 Å². The Kier molecular flexibility index (Phi) is 7.94. The van der Waals surface area contributed by atoms with E-state index in [-0.39, 0.29) is 17.9 Å². The molecule has 0 bridgehead atoms. The van der Waals surface area contributed by atoms with E-state index >= 15 is 0 Å². The number of esters is 1. The molecule has 34 heavy (non-hydrogen) atoms. The predicted molar refractivity (Wildman–Crippen MR) is 127 cm³/mol.